The fourth-order valence-corrected chi connectivity index (χ4v) is 8.73. The summed E-state index contributed by atoms with van der Waals surface area (Å²) in [6, 6.07) is -0.887. The van der Waals surface area contributed by atoms with E-state index in [1.54, 1.807) is 6.08 Å². The Bertz CT molecular complexity index is 1330. The number of phosphoric ester groups is 1. The van der Waals surface area contributed by atoms with Gasteiger partial charge in [-0.2, -0.15) is 0 Å². The molecule has 9 heteroatoms. The maximum Gasteiger partial charge on any atom is 0.268 e. The Morgan fingerprint density at radius 1 is 0.529 bits per heavy atom. The van der Waals surface area contributed by atoms with Crippen molar-refractivity contribution in [3.8, 4) is 0 Å². The second-order valence-electron chi connectivity index (χ2n) is 20.3. The predicted octanol–water partition coefficient (Wildman–Crippen LogP) is 16.5. The molecule has 0 aliphatic carbocycles. The van der Waals surface area contributed by atoms with Crippen LogP contribution in [0.15, 0.2) is 72.9 Å². The molecule has 68 heavy (non-hydrogen) atoms. The Balaban J connectivity index is 4.05. The van der Waals surface area contributed by atoms with E-state index in [1.807, 2.05) is 27.2 Å². The van der Waals surface area contributed by atoms with Crippen molar-refractivity contribution in [3.63, 3.8) is 0 Å². The van der Waals surface area contributed by atoms with Gasteiger partial charge in [-0.15, -0.1) is 0 Å². The van der Waals surface area contributed by atoms with Gasteiger partial charge in [0.1, 0.15) is 13.2 Å². The first-order chi connectivity index (χ1) is 33.0. The van der Waals surface area contributed by atoms with Gasteiger partial charge in [0.25, 0.3) is 7.82 Å². The number of allylic oxidation sites excluding steroid dienone is 11. The number of likely N-dealkylation sites (N-methyl/N-ethyl adjacent to an activating group) is 1. The van der Waals surface area contributed by atoms with Crippen LogP contribution in [-0.4, -0.2) is 68.5 Å². The van der Waals surface area contributed by atoms with Crippen LogP contribution < -0.4 is 10.2 Å². The van der Waals surface area contributed by atoms with E-state index in [0.717, 1.165) is 70.6 Å². The number of hydrogen-bond donors (Lipinski definition) is 2. The highest BCUT2D eigenvalue weighted by molar-refractivity contribution is 7.45. The van der Waals surface area contributed by atoms with Crippen LogP contribution in [-0.2, 0) is 18.4 Å². The van der Waals surface area contributed by atoms with Crippen LogP contribution in [0.5, 0.6) is 0 Å². The molecule has 0 heterocycles. The number of nitrogens with one attached hydrogen (secondary N) is 1. The van der Waals surface area contributed by atoms with Crippen LogP contribution in [0.25, 0.3) is 0 Å². The lowest BCUT2D eigenvalue weighted by Crippen LogP contribution is -2.45. The van der Waals surface area contributed by atoms with E-state index >= 15 is 0 Å². The minimum Gasteiger partial charge on any atom is -0.756 e. The first kappa shape index (κ1) is 65.9. The molecule has 0 aliphatic heterocycles. The highest BCUT2D eigenvalue weighted by atomic mass is 31.2. The number of rotatable bonds is 51. The second-order valence-corrected chi connectivity index (χ2v) is 21.7. The van der Waals surface area contributed by atoms with Crippen LogP contribution in [0.1, 0.15) is 245 Å². The number of phosphoric acid groups is 1. The quantitative estimate of drug-likeness (QED) is 0.0272. The van der Waals surface area contributed by atoms with Gasteiger partial charge >= 0.3 is 0 Å². The first-order valence-corrected chi connectivity index (χ1v) is 29.8. The molecule has 0 aliphatic rings. The molecule has 0 aromatic heterocycles. The summed E-state index contributed by atoms with van der Waals surface area (Å²) >= 11 is 0. The van der Waals surface area contributed by atoms with Crippen molar-refractivity contribution in [3.05, 3.63) is 72.9 Å². The zero-order valence-electron chi connectivity index (χ0n) is 45.0. The molecular formula is C59H109N2O6P. The van der Waals surface area contributed by atoms with Gasteiger partial charge in [0.05, 0.1) is 39.9 Å². The first-order valence-electron chi connectivity index (χ1n) is 28.3. The summed E-state index contributed by atoms with van der Waals surface area (Å²) in [4.78, 5) is 25.4. The minimum atomic E-state index is -4.59. The third-order valence-electron chi connectivity index (χ3n) is 12.4. The molecule has 0 fully saturated rings. The van der Waals surface area contributed by atoms with E-state index in [0.29, 0.717) is 17.4 Å². The van der Waals surface area contributed by atoms with E-state index < -0.39 is 20.0 Å². The molecular weight excluding hydrogens is 864 g/mol. The highest BCUT2D eigenvalue weighted by Crippen LogP contribution is 2.38. The van der Waals surface area contributed by atoms with Gasteiger partial charge in [-0.3, -0.25) is 9.36 Å². The summed E-state index contributed by atoms with van der Waals surface area (Å²) in [5.74, 6) is -0.198. The highest BCUT2D eigenvalue weighted by Gasteiger charge is 2.23. The van der Waals surface area contributed by atoms with Gasteiger partial charge in [-0.1, -0.05) is 247 Å². The number of unbranched alkanes of at least 4 members (excludes halogenated alkanes) is 28. The Labute approximate surface area is 421 Å². The number of aliphatic hydroxyl groups is 1. The molecule has 3 atom stereocenters. The molecule has 3 unspecified atom stereocenters. The average Bonchev–Trinajstić information content (AvgIpc) is 3.30. The maximum absolute atomic E-state index is 12.9. The molecule has 2 N–H and O–H groups in total. The normalized spacial score (nSPS) is 14.5. The number of carbonyl (C=O) groups is 1. The van der Waals surface area contributed by atoms with Gasteiger partial charge in [-0.25, -0.2) is 0 Å². The zero-order valence-corrected chi connectivity index (χ0v) is 45.9. The number of nitrogens with zero attached hydrogens (tertiary/aromatic N) is 1. The number of carbonyl (C=O) groups excluding carboxylic acids is 1. The van der Waals surface area contributed by atoms with E-state index in [9.17, 15) is 19.4 Å². The molecule has 0 saturated carbocycles. The van der Waals surface area contributed by atoms with Crippen molar-refractivity contribution in [1.82, 2.24) is 5.32 Å². The second kappa shape index (κ2) is 49.9. The topological polar surface area (TPSA) is 108 Å². The molecule has 0 aromatic carbocycles. The smallest absolute Gasteiger partial charge is 0.268 e. The van der Waals surface area contributed by atoms with Crippen LogP contribution in [0.4, 0.5) is 0 Å². The molecule has 0 radical (unpaired) electrons. The van der Waals surface area contributed by atoms with Crippen molar-refractivity contribution >= 4 is 13.7 Å². The number of hydrogen-bond acceptors (Lipinski definition) is 6. The van der Waals surface area contributed by atoms with Crippen molar-refractivity contribution in [2.75, 3.05) is 40.9 Å². The lowest BCUT2D eigenvalue weighted by atomic mass is 10.0. The lowest BCUT2D eigenvalue weighted by molar-refractivity contribution is -0.870. The lowest BCUT2D eigenvalue weighted by Gasteiger charge is -2.29. The SMILES string of the molecule is CC/C=C\C/C=C\C/C=C\C/C=C\C/C=C\CCCCCCCCCCCCCCCCCCCC(=O)NC(COP(=O)([O-])OCC[N+](C)(C)C)C(O)/C=C/CCCCCCCCCCCCC. The summed E-state index contributed by atoms with van der Waals surface area (Å²) in [6.07, 6.45) is 68.4. The molecule has 8 nitrogen and oxygen atoms in total. The summed E-state index contributed by atoms with van der Waals surface area (Å²) in [5.41, 5.74) is 0. The molecule has 396 valence electrons. The zero-order chi connectivity index (χ0) is 49.9. The Kier molecular flexibility index (Phi) is 48.4. The van der Waals surface area contributed by atoms with Crippen molar-refractivity contribution in [2.45, 2.75) is 257 Å². The van der Waals surface area contributed by atoms with E-state index in [-0.39, 0.29) is 19.1 Å². The van der Waals surface area contributed by atoms with E-state index in [1.165, 1.54) is 154 Å². The summed E-state index contributed by atoms with van der Waals surface area (Å²) in [7, 11) is 1.26. The Morgan fingerprint density at radius 2 is 0.897 bits per heavy atom. The number of amides is 1. The van der Waals surface area contributed by atoms with Crippen LogP contribution in [0, 0.1) is 0 Å². The minimum absolute atomic E-state index is 0.00198. The van der Waals surface area contributed by atoms with Gasteiger partial charge in [0.15, 0.2) is 0 Å². The monoisotopic (exact) mass is 973 g/mol. The maximum atomic E-state index is 12.9. The molecule has 0 spiro atoms. The summed E-state index contributed by atoms with van der Waals surface area (Å²) in [5, 5.41) is 13.8. The Morgan fingerprint density at radius 3 is 1.31 bits per heavy atom. The molecule has 1 amide bonds. The van der Waals surface area contributed by atoms with Crippen LogP contribution in [0.3, 0.4) is 0 Å². The summed E-state index contributed by atoms with van der Waals surface area (Å²) < 4.78 is 23.3. The third kappa shape index (κ3) is 51.8. The average molecular weight is 974 g/mol. The van der Waals surface area contributed by atoms with Gasteiger partial charge in [0.2, 0.25) is 5.91 Å². The number of aliphatic hydroxyl groups excluding tert-OH is 1. The standard InChI is InChI=1S/C59H109N2O6P/c1-6-8-10-12-14-16-18-20-21-22-23-24-25-26-27-28-29-30-31-32-33-34-35-36-37-38-39-41-43-45-47-49-51-53-59(63)60-57(56-67-68(64,65)66-55-54-61(3,4)5)58(62)52-50-48-46-44-42-40-19-17-15-13-11-9-7-2/h8,10,14,16,20-21,23-24,26-27,50,52,57-58,62H,6-7,9,11-13,15,17-19,22,25,28-49,51,53-56H2,1-5H3,(H-,60,63,64,65)/b10-8-,16-14-,21-20-,24-23-,27-26-,52-50+. The van der Waals surface area contributed by atoms with Gasteiger partial charge < -0.3 is 28.8 Å². The fraction of sp³-hybridized carbons (Fsp3) is 0.780. The largest absolute Gasteiger partial charge is 0.756 e. The fourth-order valence-electron chi connectivity index (χ4n) is 8.00. The molecule has 0 bridgehead atoms. The van der Waals surface area contributed by atoms with Gasteiger partial charge in [-0.05, 0) is 64.2 Å². The van der Waals surface area contributed by atoms with E-state index in [4.69, 9.17) is 9.05 Å². The summed E-state index contributed by atoms with van der Waals surface area (Å²) in [6.45, 7) is 4.54. The van der Waals surface area contributed by atoms with Gasteiger partial charge in [0, 0.05) is 6.42 Å². The Hall–Kier alpha value is -2.06. The molecule has 0 rings (SSSR count). The van der Waals surface area contributed by atoms with E-state index in [2.05, 4.69) is 79.9 Å². The van der Waals surface area contributed by atoms with Crippen molar-refractivity contribution in [2.24, 2.45) is 0 Å². The number of quaternary nitrogens is 1. The molecule has 0 saturated heterocycles. The van der Waals surface area contributed by atoms with Crippen molar-refractivity contribution < 1.29 is 32.9 Å². The van der Waals surface area contributed by atoms with Crippen molar-refractivity contribution in [1.29, 1.82) is 0 Å². The predicted molar refractivity (Wildman–Crippen MR) is 293 cm³/mol. The molecule has 0 aromatic rings. The van der Waals surface area contributed by atoms with Crippen LogP contribution >= 0.6 is 7.82 Å². The van der Waals surface area contributed by atoms with Crippen LogP contribution in [0.2, 0.25) is 0 Å². The third-order valence-corrected chi connectivity index (χ3v) is 13.4.